The van der Waals surface area contributed by atoms with Crippen LogP contribution in [0, 0.1) is 0 Å². The molecule has 20 heavy (non-hydrogen) atoms. The zero-order valence-corrected chi connectivity index (χ0v) is 12.1. The van der Waals surface area contributed by atoms with Crippen molar-refractivity contribution in [2.45, 2.75) is 31.7 Å². The molecule has 0 spiro atoms. The molecule has 1 aromatic carbocycles. The average Bonchev–Trinajstić information content (AvgIpc) is 2.52. The summed E-state index contributed by atoms with van der Waals surface area (Å²) in [6.07, 6.45) is 4.98. The summed E-state index contributed by atoms with van der Waals surface area (Å²) < 4.78 is 0. The molecule has 1 atom stereocenters. The minimum atomic E-state index is -0.564. The zero-order valence-electron chi connectivity index (χ0n) is 12.1. The fraction of sp³-hybridized carbons (Fsp3) is 0.562. The van der Waals surface area contributed by atoms with Gasteiger partial charge in [-0.25, -0.2) is 0 Å². The smallest absolute Gasteiger partial charge is 0.241 e. The van der Waals surface area contributed by atoms with Crippen molar-refractivity contribution < 1.29 is 4.79 Å². The van der Waals surface area contributed by atoms with E-state index in [4.69, 9.17) is 5.73 Å². The first-order chi connectivity index (χ1) is 9.77. The Morgan fingerprint density at radius 1 is 1.20 bits per heavy atom. The Balaban J connectivity index is 1.64. The number of hydrogen-bond acceptors (Lipinski definition) is 3. The molecule has 2 rings (SSSR count). The highest BCUT2D eigenvalue weighted by atomic mass is 16.2. The van der Waals surface area contributed by atoms with E-state index in [1.165, 1.54) is 32.4 Å². The molecule has 0 radical (unpaired) electrons. The van der Waals surface area contributed by atoms with Gasteiger partial charge in [-0.1, -0.05) is 36.8 Å². The molecule has 0 saturated carbocycles. The third-order valence-corrected chi connectivity index (χ3v) is 3.84. The van der Waals surface area contributed by atoms with E-state index >= 15 is 0 Å². The summed E-state index contributed by atoms with van der Waals surface area (Å²) in [5.41, 5.74) is 6.80. The highest BCUT2D eigenvalue weighted by Crippen LogP contribution is 2.10. The fourth-order valence-electron chi connectivity index (χ4n) is 2.62. The summed E-state index contributed by atoms with van der Waals surface area (Å²) in [6, 6.07) is 8.94. The van der Waals surface area contributed by atoms with Crippen molar-refractivity contribution in [3.8, 4) is 0 Å². The second-order valence-electron chi connectivity index (χ2n) is 5.44. The van der Waals surface area contributed by atoms with Gasteiger partial charge in [0.2, 0.25) is 5.91 Å². The van der Waals surface area contributed by atoms with Crippen LogP contribution in [-0.2, 0) is 4.79 Å². The lowest BCUT2D eigenvalue weighted by atomic mass is 10.1. The zero-order chi connectivity index (χ0) is 14.2. The molecule has 1 heterocycles. The summed E-state index contributed by atoms with van der Waals surface area (Å²) in [5.74, 6) is -0.0881. The van der Waals surface area contributed by atoms with E-state index in [1.54, 1.807) is 0 Å². The molecular weight excluding hydrogens is 250 g/mol. The Hall–Kier alpha value is -1.39. The van der Waals surface area contributed by atoms with Crippen LogP contribution >= 0.6 is 0 Å². The molecule has 0 unspecified atom stereocenters. The Labute approximate surface area is 121 Å². The maximum absolute atomic E-state index is 11.9. The van der Waals surface area contributed by atoms with Crippen molar-refractivity contribution in [2.75, 3.05) is 26.2 Å². The van der Waals surface area contributed by atoms with Gasteiger partial charge >= 0.3 is 0 Å². The molecule has 1 fully saturated rings. The van der Waals surface area contributed by atoms with Gasteiger partial charge in [0.05, 0.1) is 0 Å². The lowest BCUT2D eigenvalue weighted by molar-refractivity contribution is -0.122. The number of nitrogens with zero attached hydrogens (tertiary/aromatic N) is 1. The fourth-order valence-corrected chi connectivity index (χ4v) is 2.62. The molecule has 1 saturated heterocycles. The number of nitrogens with two attached hydrogens (primary N) is 1. The van der Waals surface area contributed by atoms with Crippen LogP contribution in [0.1, 0.15) is 37.3 Å². The summed E-state index contributed by atoms with van der Waals surface area (Å²) in [4.78, 5) is 14.4. The Bertz CT molecular complexity index is 401. The molecule has 0 aromatic heterocycles. The van der Waals surface area contributed by atoms with Gasteiger partial charge in [-0.05, 0) is 44.5 Å². The third kappa shape index (κ3) is 4.62. The lowest BCUT2D eigenvalue weighted by Crippen LogP contribution is -2.37. The van der Waals surface area contributed by atoms with E-state index in [2.05, 4.69) is 10.2 Å². The third-order valence-electron chi connectivity index (χ3n) is 3.84. The molecule has 4 heteroatoms. The van der Waals surface area contributed by atoms with Crippen molar-refractivity contribution in [1.29, 1.82) is 0 Å². The number of piperidine rings is 1. The Kier molecular flexibility index (Phi) is 6.02. The largest absolute Gasteiger partial charge is 0.354 e. The normalized spacial score (nSPS) is 17.6. The van der Waals surface area contributed by atoms with E-state index in [0.717, 1.165) is 18.5 Å². The number of amides is 1. The van der Waals surface area contributed by atoms with Crippen LogP contribution in [0.5, 0.6) is 0 Å². The van der Waals surface area contributed by atoms with Gasteiger partial charge < -0.3 is 16.0 Å². The number of carbonyl (C=O) groups excluding carboxylic acids is 1. The van der Waals surface area contributed by atoms with Gasteiger partial charge in [-0.3, -0.25) is 4.79 Å². The van der Waals surface area contributed by atoms with E-state index in [0.29, 0.717) is 6.54 Å². The molecule has 1 aliphatic rings. The second kappa shape index (κ2) is 8.02. The number of likely N-dealkylation sites (tertiary alicyclic amines) is 1. The first-order valence-corrected chi connectivity index (χ1v) is 7.58. The van der Waals surface area contributed by atoms with Gasteiger partial charge in [0.25, 0.3) is 0 Å². The monoisotopic (exact) mass is 275 g/mol. The van der Waals surface area contributed by atoms with Crippen LogP contribution in [-0.4, -0.2) is 37.0 Å². The minimum Gasteiger partial charge on any atom is -0.354 e. The van der Waals surface area contributed by atoms with Crippen LogP contribution in [0.3, 0.4) is 0 Å². The molecule has 0 bridgehead atoms. The molecule has 1 aliphatic heterocycles. The summed E-state index contributed by atoms with van der Waals surface area (Å²) in [6.45, 7) is 4.19. The van der Waals surface area contributed by atoms with Crippen molar-refractivity contribution in [2.24, 2.45) is 5.73 Å². The van der Waals surface area contributed by atoms with Crippen LogP contribution in [0.25, 0.3) is 0 Å². The SMILES string of the molecule is N[C@H](C(=O)NCCCN1CCCCC1)c1ccccc1. The van der Waals surface area contributed by atoms with Crippen LogP contribution in [0.2, 0.25) is 0 Å². The number of hydrogen-bond donors (Lipinski definition) is 2. The van der Waals surface area contributed by atoms with Crippen molar-refractivity contribution in [1.82, 2.24) is 10.2 Å². The number of benzene rings is 1. The molecule has 1 amide bonds. The van der Waals surface area contributed by atoms with Crippen molar-refractivity contribution in [3.05, 3.63) is 35.9 Å². The number of carbonyl (C=O) groups is 1. The summed E-state index contributed by atoms with van der Waals surface area (Å²) in [7, 11) is 0. The lowest BCUT2D eigenvalue weighted by Gasteiger charge is -2.26. The molecule has 0 aliphatic carbocycles. The van der Waals surface area contributed by atoms with Crippen LogP contribution in [0.4, 0.5) is 0 Å². The maximum atomic E-state index is 11.9. The number of rotatable bonds is 6. The predicted molar refractivity (Wildman–Crippen MR) is 81.3 cm³/mol. The summed E-state index contributed by atoms with van der Waals surface area (Å²) >= 11 is 0. The molecule has 3 N–H and O–H groups in total. The summed E-state index contributed by atoms with van der Waals surface area (Å²) in [5, 5.41) is 2.93. The van der Waals surface area contributed by atoms with Crippen LogP contribution in [0.15, 0.2) is 30.3 Å². The molecule has 1 aromatic rings. The topological polar surface area (TPSA) is 58.4 Å². The highest BCUT2D eigenvalue weighted by molar-refractivity contribution is 5.82. The van der Waals surface area contributed by atoms with Crippen LogP contribution < -0.4 is 11.1 Å². The standard InChI is InChI=1S/C16H25N3O/c17-15(14-8-3-1-4-9-14)16(20)18-10-7-13-19-11-5-2-6-12-19/h1,3-4,8-9,15H,2,5-7,10-13,17H2,(H,18,20)/t15-/m0/s1. The number of nitrogens with one attached hydrogen (secondary N) is 1. The van der Waals surface area contributed by atoms with Crippen molar-refractivity contribution in [3.63, 3.8) is 0 Å². The Morgan fingerprint density at radius 3 is 2.60 bits per heavy atom. The first kappa shape index (κ1) is 15.0. The minimum absolute atomic E-state index is 0.0881. The van der Waals surface area contributed by atoms with E-state index in [-0.39, 0.29) is 5.91 Å². The molecule has 110 valence electrons. The highest BCUT2D eigenvalue weighted by Gasteiger charge is 2.15. The Morgan fingerprint density at radius 2 is 1.90 bits per heavy atom. The van der Waals surface area contributed by atoms with E-state index < -0.39 is 6.04 Å². The maximum Gasteiger partial charge on any atom is 0.241 e. The van der Waals surface area contributed by atoms with Gasteiger partial charge in [0.1, 0.15) is 6.04 Å². The van der Waals surface area contributed by atoms with E-state index in [9.17, 15) is 4.79 Å². The quantitative estimate of drug-likeness (QED) is 0.777. The van der Waals surface area contributed by atoms with E-state index in [1.807, 2.05) is 30.3 Å². The van der Waals surface area contributed by atoms with Gasteiger partial charge in [0.15, 0.2) is 0 Å². The molecular formula is C16H25N3O. The van der Waals surface area contributed by atoms with Gasteiger partial charge in [-0.15, -0.1) is 0 Å². The predicted octanol–water partition coefficient (Wildman–Crippen LogP) is 1.68. The van der Waals surface area contributed by atoms with Gasteiger partial charge in [0, 0.05) is 6.54 Å². The average molecular weight is 275 g/mol. The second-order valence-corrected chi connectivity index (χ2v) is 5.44. The van der Waals surface area contributed by atoms with Gasteiger partial charge in [-0.2, -0.15) is 0 Å². The molecule has 4 nitrogen and oxygen atoms in total. The van der Waals surface area contributed by atoms with Crippen molar-refractivity contribution >= 4 is 5.91 Å². The first-order valence-electron chi connectivity index (χ1n) is 7.58.